The minimum atomic E-state index is -0.538. The van der Waals surface area contributed by atoms with Gasteiger partial charge in [-0.15, -0.1) is 0 Å². The van der Waals surface area contributed by atoms with Crippen LogP contribution in [0.3, 0.4) is 0 Å². The number of carbonyl (C=O) groups excluding carboxylic acids is 2. The zero-order chi connectivity index (χ0) is 19.1. The van der Waals surface area contributed by atoms with Crippen molar-refractivity contribution >= 4 is 11.9 Å². The maximum Gasteiger partial charge on any atom is 0.302 e. The summed E-state index contributed by atoms with van der Waals surface area (Å²) in [5.74, 6) is 0.362. The van der Waals surface area contributed by atoms with Gasteiger partial charge in [-0.25, -0.2) is 0 Å². The summed E-state index contributed by atoms with van der Waals surface area (Å²) >= 11 is 0. The van der Waals surface area contributed by atoms with Crippen LogP contribution in [-0.2, 0) is 19.1 Å². The van der Waals surface area contributed by atoms with Crippen molar-refractivity contribution in [1.29, 1.82) is 0 Å². The van der Waals surface area contributed by atoms with Gasteiger partial charge in [-0.1, -0.05) is 25.7 Å². The first-order valence-electron chi connectivity index (χ1n) is 10.1. The topological polar surface area (TPSA) is 93.1 Å². The second kappa shape index (κ2) is 10.3. The fourth-order valence-corrected chi connectivity index (χ4v) is 4.50. The molecule has 6 unspecified atom stereocenters. The summed E-state index contributed by atoms with van der Waals surface area (Å²) in [4.78, 5) is 22.0. The van der Waals surface area contributed by atoms with Crippen molar-refractivity contribution in [2.45, 2.75) is 102 Å². The molecule has 2 fully saturated rings. The van der Waals surface area contributed by atoms with E-state index in [4.69, 9.17) is 9.47 Å². The number of unbranched alkanes of at least 4 members (excludes halogenated alkanes) is 1. The zero-order valence-electron chi connectivity index (χ0n) is 16.1. The molecule has 2 saturated carbocycles. The fraction of sp³-hybridized carbons (Fsp3) is 0.900. The van der Waals surface area contributed by atoms with Gasteiger partial charge in [-0.3, -0.25) is 9.59 Å². The molecule has 2 rings (SSSR count). The number of hydrogen-bond acceptors (Lipinski definition) is 6. The number of rotatable bonds is 7. The molecule has 6 heteroatoms. The van der Waals surface area contributed by atoms with Crippen molar-refractivity contribution in [2.75, 3.05) is 0 Å². The van der Waals surface area contributed by atoms with Gasteiger partial charge in [-0.2, -0.15) is 0 Å². The minimum Gasteiger partial charge on any atom is -0.460 e. The second-order valence-corrected chi connectivity index (χ2v) is 8.07. The largest absolute Gasteiger partial charge is 0.460 e. The van der Waals surface area contributed by atoms with Crippen LogP contribution in [0.1, 0.15) is 78.1 Å². The highest BCUT2D eigenvalue weighted by Crippen LogP contribution is 2.33. The van der Waals surface area contributed by atoms with Crippen LogP contribution in [-0.4, -0.2) is 46.6 Å². The quantitative estimate of drug-likeness (QED) is 0.529. The molecule has 0 radical (unpaired) electrons. The molecule has 0 aromatic heterocycles. The number of esters is 2. The molecule has 0 saturated heterocycles. The lowest BCUT2D eigenvalue weighted by Crippen LogP contribution is -2.37. The fourth-order valence-electron chi connectivity index (χ4n) is 4.50. The van der Waals surface area contributed by atoms with Crippen LogP contribution in [0, 0.1) is 11.8 Å². The first kappa shape index (κ1) is 21.2. The van der Waals surface area contributed by atoms with E-state index in [2.05, 4.69) is 0 Å². The van der Waals surface area contributed by atoms with Gasteiger partial charge in [0.05, 0.1) is 12.2 Å². The van der Waals surface area contributed by atoms with Crippen LogP contribution in [0.4, 0.5) is 0 Å². The van der Waals surface area contributed by atoms with Gasteiger partial charge >= 0.3 is 11.9 Å². The lowest BCUT2D eigenvalue weighted by Gasteiger charge is -2.33. The molecule has 26 heavy (non-hydrogen) atoms. The second-order valence-electron chi connectivity index (χ2n) is 8.07. The SMILES string of the molecule is CC(=O)OC1CCC(CCCCC2CCC(OC(C)=O)C(O)C2)CC1O. The number of aliphatic hydroxyl groups excluding tert-OH is 2. The third kappa shape index (κ3) is 6.88. The van der Waals surface area contributed by atoms with Crippen LogP contribution >= 0.6 is 0 Å². The van der Waals surface area contributed by atoms with Gasteiger partial charge in [0, 0.05) is 13.8 Å². The minimum absolute atomic E-state index is 0.321. The van der Waals surface area contributed by atoms with Crippen molar-refractivity contribution in [1.82, 2.24) is 0 Å². The molecular formula is C20H34O6. The molecule has 0 heterocycles. The molecule has 0 aromatic rings. The van der Waals surface area contributed by atoms with E-state index in [0.717, 1.165) is 51.4 Å². The Kier molecular flexibility index (Phi) is 8.35. The molecule has 6 atom stereocenters. The Hall–Kier alpha value is -1.14. The summed E-state index contributed by atoms with van der Waals surface area (Å²) in [6.45, 7) is 2.77. The van der Waals surface area contributed by atoms with Crippen LogP contribution in [0.25, 0.3) is 0 Å². The molecule has 2 aliphatic carbocycles. The molecule has 6 nitrogen and oxygen atoms in total. The molecule has 0 aliphatic heterocycles. The van der Waals surface area contributed by atoms with E-state index in [1.807, 2.05) is 0 Å². The number of carbonyl (C=O) groups is 2. The van der Waals surface area contributed by atoms with Gasteiger partial charge in [0.1, 0.15) is 12.2 Å². The Labute approximate surface area is 156 Å². The van der Waals surface area contributed by atoms with Crippen molar-refractivity contribution in [2.24, 2.45) is 11.8 Å². The predicted octanol–water partition coefficient (Wildman–Crippen LogP) is 2.73. The molecule has 2 aliphatic rings. The summed E-state index contributed by atoms with van der Waals surface area (Å²) in [7, 11) is 0. The van der Waals surface area contributed by atoms with Crippen molar-refractivity contribution in [3.63, 3.8) is 0 Å². The predicted molar refractivity (Wildman–Crippen MR) is 96.3 cm³/mol. The average molecular weight is 370 g/mol. The highest BCUT2D eigenvalue weighted by atomic mass is 16.6. The summed E-state index contributed by atoms with van der Waals surface area (Å²) < 4.78 is 10.3. The Balaban J connectivity index is 1.58. The van der Waals surface area contributed by atoms with Crippen LogP contribution in [0.15, 0.2) is 0 Å². The molecule has 0 spiro atoms. The van der Waals surface area contributed by atoms with E-state index in [1.54, 1.807) is 0 Å². The summed E-state index contributed by atoms with van der Waals surface area (Å²) in [5.41, 5.74) is 0. The number of aliphatic hydroxyl groups is 2. The summed E-state index contributed by atoms with van der Waals surface area (Å²) in [5, 5.41) is 20.2. The molecule has 150 valence electrons. The Bertz CT molecular complexity index is 423. The standard InChI is InChI=1S/C20H34O6/c1-13(21)25-19-9-7-15(11-17(19)23)5-3-4-6-16-8-10-20(18(24)12-16)26-14(2)22/h15-20,23-24H,3-12H2,1-2H3. The molecule has 0 aromatic carbocycles. The zero-order valence-corrected chi connectivity index (χ0v) is 16.1. The Morgan fingerprint density at radius 3 is 1.46 bits per heavy atom. The maximum atomic E-state index is 11.0. The van der Waals surface area contributed by atoms with E-state index in [9.17, 15) is 19.8 Å². The van der Waals surface area contributed by atoms with Crippen molar-refractivity contribution in [3.8, 4) is 0 Å². The first-order chi connectivity index (χ1) is 12.3. The summed E-state index contributed by atoms with van der Waals surface area (Å²) in [6, 6.07) is 0. The normalized spacial score (nSPS) is 34.9. The van der Waals surface area contributed by atoms with E-state index >= 15 is 0 Å². The maximum absolute atomic E-state index is 11.0. The average Bonchev–Trinajstić information content (AvgIpc) is 2.55. The van der Waals surface area contributed by atoms with E-state index in [0.29, 0.717) is 24.7 Å². The highest BCUT2D eigenvalue weighted by Gasteiger charge is 2.32. The third-order valence-electron chi connectivity index (χ3n) is 5.84. The summed E-state index contributed by atoms with van der Waals surface area (Å²) in [6.07, 6.45) is 7.60. The van der Waals surface area contributed by atoms with Gasteiger partial charge in [0.2, 0.25) is 0 Å². The molecular weight excluding hydrogens is 336 g/mol. The molecule has 0 amide bonds. The highest BCUT2D eigenvalue weighted by molar-refractivity contribution is 5.66. The van der Waals surface area contributed by atoms with Crippen molar-refractivity contribution < 1.29 is 29.3 Å². The van der Waals surface area contributed by atoms with Gasteiger partial charge < -0.3 is 19.7 Å². The lowest BCUT2D eigenvalue weighted by atomic mass is 9.80. The van der Waals surface area contributed by atoms with Gasteiger partial charge in [0.25, 0.3) is 0 Å². The lowest BCUT2D eigenvalue weighted by molar-refractivity contribution is -0.157. The van der Waals surface area contributed by atoms with E-state index < -0.39 is 12.2 Å². The number of hydrogen-bond donors (Lipinski definition) is 2. The van der Waals surface area contributed by atoms with E-state index in [1.165, 1.54) is 13.8 Å². The van der Waals surface area contributed by atoms with Crippen LogP contribution in [0.5, 0.6) is 0 Å². The van der Waals surface area contributed by atoms with Crippen LogP contribution in [0.2, 0.25) is 0 Å². The molecule has 0 bridgehead atoms. The van der Waals surface area contributed by atoms with Crippen LogP contribution < -0.4 is 0 Å². The van der Waals surface area contributed by atoms with E-state index in [-0.39, 0.29) is 24.1 Å². The third-order valence-corrected chi connectivity index (χ3v) is 5.84. The monoisotopic (exact) mass is 370 g/mol. The molecule has 2 N–H and O–H groups in total. The van der Waals surface area contributed by atoms with Crippen molar-refractivity contribution in [3.05, 3.63) is 0 Å². The smallest absolute Gasteiger partial charge is 0.302 e. The Morgan fingerprint density at radius 1 is 0.769 bits per heavy atom. The Morgan fingerprint density at radius 2 is 1.15 bits per heavy atom. The van der Waals surface area contributed by atoms with Gasteiger partial charge in [-0.05, 0) is 50.4 Å². The first-order valence-corrected chi connectivity index (χ1v) is 10.1. The van der Waals surface area contributed by atoms with Gasteiger partial charge in [0.15, 0.2) is 0 Å². The number of ether oxygens (including phenoxy) is 2.